The van der Waals surface area contributed by atoms with E-state index in [1.54, 1.807) is 17.1 Å². The number of halogens is 2. The molecular formula is C15H22Cl2N8O3. The van der Waals surface area contributed by atoms with Crippen molar-refractivity contribution in [3.8, 4) is 0 Å². The van der Waals surface area contributed by atoms with E-state index < -0.39 is 11.6 Å². The van der Waals surface area contributed by atoms with Gasteiger partial charge in [-0.3, -0.25) is 10.6 Å². The van der Waals surface area contributed by atoms with Crippen LogP contribution in [0, 0.1) is 0 Å². The molecule has 0 bridgehead atoms. The molecule has 13 heteroatoms. The average molecular weight is 433 g/mol. The highest BCUT2D eigenvalue weighted by molar-refractivity contribution is 6.31. The largest absolute Gasteiger partial charge is 0.449 e. The van der Waals surface area contributed by atoms with Gasteiger partial charge >= 0.3 is 6.09 Å². The maximum absolute atomic E-state index is 12.2. The van der Waals surface area contributed by atoms with E-state index in [2.05, 4.69) is 20.7 Å². The fourth-order valence-corrected chi connectivity index (χ4v) is 3.24. The number of rotatable bonds is 7. The van der Waals surface area contributed by atoms with Crippen molar-refractivity contribution in [3.63, 3.8) is 0 Å². The molecular weight excluding hydrogens is 411 g/mol. The molecule has 0 radical (unpaired) electrons. The van der Waals surface area contributed by atoms with Crippen molar-refractivity contribution >= 4 is 35.2 Å². The summed E-state index contributed by atoms with van der Waals surface area (Å²) in [6.45, 7) is 1.04. The van der Waals surface area contributed by atoms with Gasteiger partial charge in [-0.1, -0.05) is 28.3 Å². The zero-order valence-corrected chi connectivity index (χ0v) is 16.6. The summed E-state index contributed by atoms with van der Waals surface area (Å²) < 4.78 is 5.02. The Bertz CT molecular complexity index is 687. The molecule has 1 atom stereocenters. The highest BCUT2D eigenvalue weighted by atomic mass is 35.5. The predicted octanol–water partition coefficient (Wildman–Crippen LogP) is 1.32. The summed E-state index contributed by atoms with van der Waals surface area (Å²) in [7, 11) is 0. The molecule has 2 rings (SSSR count). The fourth-order valence-electron chi connectivity index (χ4n) is 2.77. The molecule has 2 aliphatic heterocycles. The minimum Gasteiger partial charge on any atom is -0.449 e. The molecule has 1 fully saturated rings. The maximum atomic E-state index is 12.2. The Hall–Kier alpha value is -2.17. The molecule has 0 aliphatic carbocycles. The van der Waals surface area contributed by atoms with Crippen molar-refractivity contribution in [2.45, 2.75) is 24.4 Å². The number of carbonyl (C=O) groups excluding carboxylic acids is 2. The molecule has 1 unspecified atom stereocenters. The van der Waals surface area contributed by atoms with Crippen LogP contribution in [0.4, 0.5) is 4.79 Å². The first-order valence-corrected chi connectivity index (χ1v) is 9.44. The lowest BCUT2D eigenvalue weighted by atomic mass is 10.0. The molecule has 1 saturated heterocycles. The number of alkyl halides is 1. The molecule has 0 aromatic rings. The van der Waals surface area contributed by atoms with Crippen LogP contribution in [0.1, 0.15) is 12.8 Å². The van der Waals surface area contributed by atoms with Crippen LogP contribution in [-0.4, -0.2) is 66.2 Å². The van der Waals surface area contributed by atoms with E-state index in [1.807, 2.05) is 0 Å². The van der Waals surface area contributed by atoms with Gasteiger partial charge in [-0.15, -0.1) is 0 Å². The topological polar surface area (TPSA) is 149 Å². The van der Waals surface area contributed by atoms with Crippen molar-refractivity contribution in [1.29, 1.82) is 0 Å². The Balaban J connectivity index is 1.73. The second kappa shape index (κ2) is 11.0. The molecule has 11 nitrogen and oxygen atoms in total. The third-order valence-corrected chi connectivity index (χ3v) is 4.77. The van der Waals surface area contributed by atoms with Crippen LogP contribution >= 0.6 is 23.2 Å². The number of nitrogens with two attached hydrogens (primary N) is 1. The third-order valence-electron chi connectivity index (χ3n) is 4.20. The normalized spacial score (nSPS) is 19.9. The summed E-state index contributed by atoms with van der Waals surface area (Å²) in [5.41, 5.74) is 8.19. The van der Waals surface area contributed by atoms with Crippen LogP contribution in [0.5, 0.6) is 0 Å². The minimum atomic E-state index is -0.455. The van der Waals surface area contributed by atoms with E-state index in [4.69, 9.17) is 39.3 Å². The summed E-state index contributed by atoms with van der Waals surface area (Å²) in [6.07, 6.45) is 4.04. The Labute approximate surface area is 172 Å². The van der Waals surface area contributed by atoms with Gasteiger partial charge in [0.05, 0.1) is 25.4 Å². The van der Waals surface area contributed by atoms with E-state index in [1.165, 1.54) is 5.01 Å². The number of azide groups is 1. The lowest BCUT2D eigenvalue weighted by Crippen LogP contribution is -2.52. The SMILES string of the molecule is [N-]=[N+]=NCCOC(=O)N1CCC(N(N)CC(=O)NC2=C(Cl)NC(Cl)C=C2)CC1. The predicted molar refractivity (Wildman–Crippen MR) is 104 cm³/mol. The van der Waals surface area contributed by atoms with E-state index in [0.717, 1.165) is 0 Å². The molecule has 0 spiro atoms. The number of amides is 2. The van der Waals surface area contributed by atoms with E-state index in [9.17, 15) is 9.59 Å². The Kier molecular flexibility index (Phi) is 8.68. The van der Waals surface area contributed by atoms with Crippen LogP contribution in [0.15, 0.2) is 28.1 Å². The molecule has 0 aromatic heterocycles. The van der Waals surface area contributed by atoms with Gasteiger partial charge in [-0.05, 0) is 30.5 Å². The summed E-state index contributed by atoms with van der Waals surface area (Å²) in [4.78, 5) is 28.3. The first-order valence-electron chi connectivity index (χ1n) is 8.63. The highest BCUT2D eigenvalue weighted by Crippen LogP contribution is 2.16. The van der Waals surface area contributed by atoms with Gasteiger partial charge in [0.25, 0.3) is 0 Å². The summed E-state index contributed by atoms with van der Waals surface area (Å²) in [6, 6.07) is -0.0466. The first-order chi connectivity index (χ1) is 13.4. The van der Waals surface area contributed by atoms with Gasteiger partial charge in [-0.25, -0.2) is 9.80 Å². The lowest BCUT2D eigenvalue weighted by Gasteiger charge is -2.35. The number of nitrogens with one attached hydrogen (secondary N) is 2. The lowest BCUT2D eigenvalue weighted by molar-refractivity contribution is -0.122. The molecule has 2 amide bonds. The minimum absolute atomic E-state index is 0.0207. The number of piperidine rings is 1. The third kappa shape index (κ3) is 6.77. The number of allylic oxidation sites excluding steroid dienone is 1. The maximum Gasteiger partial charge on any atom is 0.409 e. The van der Waals surface area contributed by atoms with Gasteiger partial charge in [0.2, 0.25) is 5.91 Å². The van der Waals surface area contributed by atoms with Crippen LogP contribution in [-0.2, 0) is 9.53 Å². The number of dihydropyridines is 1. The quantitative estimate of drug-likeness (QED) is 0.0806. The summed E-state index contributed by atoms with van der Waals surface area (Å²) >= 11 is 11.9. The fraction of sp³-hybridized carbons (Fsp3) is 0.600. The second-order valence-electron chi connectivity index (χ2n) is 6.14. The van der Waals surface area contributed by atoms with Crippen LogP contribution < -0.4 is 16.5 Å². The van der Waals surface area contributed by atoms with Gasteiger partial charge in [0.1, 0.15) is 10.7 Å². The number of hydrogen-bond donors (Lipinski definition) is 3. The van der Waals surface area contributed by atoms with Crippen molar-refractivity contribution in [1.82, 2.24) is 20.5 Å². The van der Waals surface area contributed by atoms with E-state index in [0.29, 0.717) is 31.6 Å². The van der Waals surface area contributed by atoms with Crippen LogP contribution in [0.3, 0.4) is 0 Å². The molecule has 0 aromatic carbocycles. The van der Waals surface area contributed by atoms with Gasteiger partial charge in [0.15, 0.2) is 0 Å². The zero-order chi connectivity index (χ0) is 20.5. The smallest absolute Gasteiger partial charge is 0.409 e. The molecule has 154 valence electrons. The van der Waals surface area contributed by atoms with Crippen molar-refractivity contribution in [2.75, 3.05) is 32.8 Å². The average Bonchev–Trinajstić information content (AvgIpc) is 2.67. The Morgan fingerprint density at radius 2 is 2.21 bits per heavy atom. The number of hydrogen-bond acceptors (Lipinski definition) is 7. The Morgan fingerprint density at radius 3 is 2.86 bits per heavy atom. The summed E-state index contributed by atoms with van der Waals surface area (Å²) in [5, 5.41) is 10.5. The highest BCUT2D eigenvalue weighted by Gasteiger charge is 2.27. The zero-order valence-electron chi connectivity index (χ0n) is 15.1. The molecule has 2 aliphatic rings. The standard InChI is InChI=1S/C15H22Cl2N8O3/c16-12-2-1-11(14(17)22-12)21-13(26)9-25(19)10-3-6-24(7-4-10)15(27)28-8-5-20-23-18/h1-2,10,12,22H,3-9,19H2,(H,21,26). The van der Waals surface area contributed by atoms with Gasteiger partial charge < -0.3 is 20.3 Å². The van der Waals surface area contributed by atoms with Crippen molar-refractivity contribution in [3.05, 3.63) is 33.4 Å². The number of likely N-dealkylation sites (tertiary alicyclic amines) is 1. The molecule has 4 N–H and O–H groups in total. The van der Waals surface area contributed by atoms with Crippen molar-refractivity contribution in [2.24, 2.45) is 11.0 Å². The van der Waals surface area contributed by atoms with Gasteiger partial charge in [-0.2, -0.15) is 0 Å². The summed E-state index contributed by atoms with van der Waals surface area (Å²) in [5.74, 6) is 5.72. The Morgan fingerprint density at radius 1 is 1.50 bits per heavy atom. The first kappa shape index (κ1) is 22.1. The molecule has 2 heterocycles. The monoisotopic (exact) mass is 432 g/mol. The number of carbonyl (C=O) groups is 2. The van der Waals surface area contributed by atoms with Crippen molar-refractivity contribution < 1.29 is 14.3 Å². The van der Waals surface area contributed by atoms with Crippen LogP contribution in [0.2, 0.25) is 0 Å². The molecule has 0 saturated carbocycles. The number of nitrogens with zero attached hydrogens (tertiary/aromatic N) is 5. The van der Waals surface area contributed by atoms with E-state index in [-0.39, 0.29) is 36.8 Å². The van der Waals surface area contributed by atoms with Crippen LogP contribution in [0.25, 0.3) is 10.4 Å². The second-order valence-corrected chi connectivity index (χ2v) is 6.99. The van der Waals surface area contributed by atoms with Gasteiger partial charge in [0, 0.05) is 24.0 Å². The number of ether oxygens (including phenoxy) is 1. The molecule has 28 heavy (non-hydrogen) atoms. The number of hydrazine groups is 1. The van der Waals surface area contributed by atoms with E-state index >= 15 is 0 Å².